The molecule has 198 valence electrons. The third-order valence-electron chi connectivity index (χ3n) is 6.69. The molecule has 0 bridgehead atoms. The van der Waals surface area contributed by atoms with Gasteiger partial charge in [0, 0.05) is 11.6 Å². The van der Waals surface area contributed by atoms with Crippen LogP contribution in [0.3, 0.4) is 0 Å². The fourth-order valence-electron chi connectivity index (χ4n) is 4.11. The summed E-state index contributed by atoms with van der Waals surface area (Å²) in [6, 6.07) is 10.7. The Labute approximate surface area is 217 Å². The molecule has 0 saturated carbocycles. The van der Waals surface area contributed by atoms with Crippen LogP contribution in [0.25, 0.3) is 0 Å². The van der Waals surface area contributed by atoms with Crippen LogP contribution in [0.4, 0.5) is 0 Å². The summed E-state index contributed by atoms with van der Waals surface area (Å²) < 4.78 is 18.4. The van der Waals surface area contributed by atoms with Crippen LogP contribution in [-0.2, 0) is 6.61 Å². The van der Waals surface area contributed by atoms with Gasteiger partial charge in [0.25, 0.3) is 0 Å². The van der Waals surface area contributed by atoms with Crippen molar-refractivity contribution in [1.82, 2.24) is 0 Å². The molecular weight excluding hydrogens is 452 g/mol. The Morgan fingerprint density at radius 3 is 1.78 bits per heavy atom. The first-order valence-corrected chi connectivity index (χ1v) is 13.6. The molecule has 36 heavy (non-hydrogen) atoms. The molecule has 5 nitrogen and oxygen atoms in total. The second-order valence-corrected chi connectivity index (χ2v) is 9.59. The van der Waals surface area contributed by atoms with E-state index in [0.717, 1.165) is 55.3 Å². The van der Waals surface area contributed by atoms with Crippen LogP contribution in [-0.4, -0.2) is 25.8 Å². The van der Waals surface area contributed by atoms with Crippen molar-refractivity contribution in [3.8, 4) is 17.2 Å². The Morgan fingerprint density at radius 1 is 0.722 bits per heavy atom. The maximum atomic E-state index is 11.4. The second kappa shape index (κ2) is 16.8. The van der Waals surface area contributed by atoms with E-state index in [2.05, 4.69) is 27.7 Å². The molecule has 0 aliphatic rings. The summed E-state index contributed by atoms with van der Waals surface area (Å²) >= 11 is 0. The van der Waals surface area contributed by atoms with Crippen molar-refractivity contribution in [2.45, 2.75) is 85.7 Å². The van der Waals surface area contributed by atoms with Crippen molar-refractivity contribution >= 4 is 12.6 Å². The van der Waals surface area contributed by atoms with Gasteiger partial charge >= 0.3 is 0 Å². The fourth-order valence-corrected chi connectivity index (χ4v) is 4.11. The van der Waals surface area contributed by atoms with Crippen LogP contribution in [0.5, 0.6) is 17.2 Å². The molecule has 2 rings (SSSR count). The third kappa shape index (κ3) is 10.0. The lowest BCUT2D eigenvalue weighted by Gasteiger charge is -2.19. The molecule has 0 aliphatic carbocycles. The third-order valence-corrected chi connectivity index (χ3v) is 6.69. The number of hydrogen-bond acceptors (Lipinski definition) is 5. The Morgan fingerprint density at radius 2 is 1.31 bits per heavy atom. The van der Waals surface area contributed by atoms with Gasteiger partial charge in [0.15, 0.2) is 6.29 Å². The topological polar surface area (TPSA) is 61.8 Å². The Bertz CT molecular complexity index is 885. The highest BCUT2D eigenvalue weighted by atomic mass is 16.5. The first-order chi connectivity index (χ1) is 17.6. The Kier molecular flexibility index (Phi) is 13.7. The zero-order valence-corrected chi connectivity index (χ0v) is 22.6. The van der Waals surface area contributed by atoms with Gasteiger partial charge in [-0.3, -0.25) is 9.59 Å². The summed E-state index contributed by atoms with van der Waals surface area (Å²) in [6.45, 7) is 10.4. The van der Waals surface area contributed by atoms with Crippen LogP contribution >= 0.6 is 0 Å². The van der Waals surface area contributed by atoms with Crippen LogP contribution in [0.15, 0.2) is 36.4 Å². The highest BCUT2D eigenvalue weighted by Gasteiger charge is 2.12. The van der Waals surface area contributed by atoms with E-state index in [1.165, 1.54) is 25.7 Å². The second-order valence-electron chi connectivity index (χ2n) is 9.59. The van der Waals surface area contributed by atoms with Crippen LogP contribution in [0, 0.1) is 11.8 Å². The van der Waals surface area contributed by atoms with Gasteiger partial charge in [-0.1, -0.05) is 72.3 Å². The molecule has 0 N–H and O–H groups in total. The van der Waals surface area contributed by atoms with Crippen LogP contribution in [0.2, 0.25) is 0 Å². The van der Waals surface area contributed by atoms with Crippen molar-refractivity contribution in [3.63, 3.8) is 0 Å². The molecule has 0 aliphatic heterocycles. The maximum absolute atomic E-state index is 11.4. The lowest BCUT2D eigenvalue weighted by Crippen LogP contribution is -2.13. The number of benzene rings is 2. The van der Waals surface area contributed by atoms with E-state index in [1.807, 2.05) is 18.2 Å². The summed E-state index contributed by atoms with van der Waals surface area (Å²) in [6.07, 6.45) is 10.8. The molecule has 2 aromatic rings. The molecule has 0 aromatic heterocycles. The Balaban J connectivity index is 2.19. The predicted molar refractivity (Wildman–Crippen MR) is 146 cm³/mol. The van der Waals surface area contributed by atoms with Crippen molar-refractivity contribution in [1.29, 1.82) is 0 Å². The molecule has 0 heterocycles. The van der Waals surface area contributed by atoms with Gasteiger partial charge in [-0.25, -0.2) is 0 Å². The van der Waals surface area contributed by atoms with E-state index in [1.54, 1.807) is 18.2 Å². The van der Waals surface area contributed by atoms with E-state index >= 15 is 0 Å². The highest BCUT2D eigenvalue weighted by Crippen LogP contribution is 2.27. The summed E-state index contributed by atoms with van der Waals surface area (Å²) in [5, 5.41) is 0. The largest absolute Gasteiger partial charge is 0.493 e. The maximum Gasteiger partial charge on any atom is 0.153 e. The number of aldehydes is 2. The number of ether oxygens (including phenoxy) is 3. The van der Waals surface area contributed by atoms with Crippen molar-refractivity contribution in [3.05, 3.63) is 53.1 Å². The first kappa shape index (κ1) is 29.4. The highest BCUT2D eigenvalue weighted by molar-refractivity contribution is 5.83. The van der Waals surface area contributed by atoms with E-state index < -0.39 is 0 Å². The van der Waals surface area contributed by atoms with Crippen molar-refractivity contribution in [2.24, 2.45) is 11.8 Å². The number of unbranched alkanes of at least 4 members (excludes halogenated alkanes) is 2. The van der Waals surface area contributed by atoms with Crippen LogP contribution < -0.4 is 14.2 Å². The minimum atomic E-state index is 0.233. The minimum absolute atomic E-state index is 0.233. The van der Waals surface area contributed by atoms with E-state index in [0.29, 0.717) is 41.9 Å². The molecule has 0 saturated heterocycles. The van der Waals surface area contributed by atoms with Crippen molar-refractivity contribution < 1.29 is 23.8 Å². The zero-order chi connectivity index (χ0) is 26.2. The number of carbonyl (C=O) groups excluding carboxylic acids is 2. The van der Waals surface area contributed by atoms with Gasteiger partial charge in [0.05, 0.1) is 18.8 Å². The zero-order valence-electron chi connectivity index (χ0n) is 22.6. The summed E-state index contributed by atoms with van der Waals surface area (Å²) in [5.74, 6) is 2.96. The average molecular weight is 497 g/mol. The average Bonchev–Trinajstić information content (AvgIpc) is 2.91. The molecule has 2 atom stereocenters. The lowest BCUT2D eigenvalue weighted by molar-refractivity contribution is 0.110. The fraction of sp³-hybridized carbons (Fsp3) is 0.548. The standard InChI is InChI=1S/C31H44O5/c1-5-9-11-24(7-3)21-34-29-15-27(16-30(18-29)35-22-25(8-4)12-10-6-2)23-36-31-17-26(19-32)13-14-28(31)20-33/h13-20,24-25H,5-12,21-23H2,1-4H3. The predicted octanol–water partition coefficient (Wildman–Crippen LogP) is 8.08. The summed E-state index contributed by atoms with van der Waals surface area (Å²) in [4.78, 5) is 22.6. The molecule has 2 unspecified atom stereocenters. The molecule has 5 heteroatoms. The first-order valence-electron chi connectivity index (χ1n) is 13.6. The smallest absolute Gasteiger partial charge is 0.153 e. The molecule has 0 fully saturated rings. The van der Waals surface area contributed by atoms with Gasteiger partial charge in [-0.2, -0.15) is 0 Å². The SMILES string of the molecule is CCCCC(CC)COc1cc(COc2cc(C=O)ccc2C=O)cc(OCC(CC)CCCC)c1. The van der Waals surface area contributed by atoms with E-state index in [9.17, 15) is 9.59 Å². The molecule has 0 radical (unpaired) electrons. The summed E-state index contributed by atoms with van der Waals surface area (Å²) in [5.41, 5.74) is 1.76. The Hall–Kier alpha value is -2.82. The monoisotopic (exact) mass is 496 g/mol. The molecular formula is C31H44O5. The number of rotatable bonds is 19. The molecule has 2 aromatic carbocycles. The van der Waals surface area contributed by atoms with Crippen LogP contribution in [0.1, 0.15) is 105 Å². The van der Waals surface area contributed by atoms with Gasteiger partial charge in [0.1, 0.15) is 30.1 Å². The van der Waals surface area contributed by atoms with Crippen molar-refractivity contribution in [2.75, 3.05) is 13.2 Å². The molecule has 0 amide bonds. The summed E-state index contributed by atoms with van der Waals surface area (Å²) in [7, 11) is 0. The van der Waals surface area contributed by atoms with Gasteiger partial charge in [0.2, 0.25) is 0 Å². The normalized spacial score (nSPS) is 12.6. The number of hydrogen-bond donors (Lipinski definition) is 0. The van der Waals surface area contributed by atoms with Gasteiger partial charge in [-0.05, 0) is 54.5 Å². The minimum Gasteiger partial charge on any atom is -0.493 e. The van der Waals surface area contributed by atoms with Gasteiger partial charge in [-0.15, -0.1) is 0 Å². The lowest BCUT2D eigenvalue weighted by atomic mass is 10.0. The molecule has 0 spiro atoms. The van der Waals surface area contributed by atoms with Gasteiger partial charge < -0.3 is 14.2 Å². The van der Waals surface area contributed by atoms with E-state index in [-0.39, 0.29) is 6.61 Å². The van der Waals surface area contributed by atoms with E-state index in [4.69, 9.17) is 14.2 Å². The quantitative estimate of drug-likeness (QED) is 0.184. The number of carbonyl (C=O) groups is 2.